The van der Waals surface area contributed by atoms with Gasteiger partial charge in [-0.25, -0.2) is 0 Å². The molecule has 5 nitrogen and oxygen atoms in total. The third kappa shape index (κ3) is 4.31. The molecule has 1 heterocycles. The number of guanidine groups is 1. The Balaban J connectivity index is 0.00000210. The Morgan fingerprint density at radius 1 is 1.26 bits per heavy atom. The zero-order valence-corrected chi connectivity index (χ0v) is 17.8. The van der Waals surface area contributed by atoms with Crippen molar-refractivity contribution < 1.29 is 9.47 Å². The number of nitrogens with one attached hydrogen (secondary N) is 1. The van der Waals surface area contributed by atoms with Crippen LogP contribution < -0.4 is 20.5 Å². The fraction of sp³-hybridized carbons (Fsp3) is 0.381. The number of nitrogens with two attached hydrogens (primary N) is 1. The number of aliphatic imine (C=N–C) groups is 1. The predicted octanol–water partition coefficient (Wildman–Crippen LogP) is 3.77. The van der Waals surface area contributed by atoms with Gasteiger partial charge in [-0.05, 0) is 36.6 Å². The topological polar surface area (TPSA) is 68.9 Å². The van der Waals surface area contributed by atoms with E-state index in [1.807, 2.05) is 30.3 Å². The molecule has 1 fully saturated rings. The summed E-state index contributed by atoms with van der Waals surface area (Å²) in [6.07, 6.45) is 3.16. The van der Waals surface area contributed by atoms with E-state index in [-0.39, 0.29) is 35.4 Å². The zero-order chi connectivity index (χ0) is 18.0. The number of hydrogen-bond acceptors (Lipinski definition) is 3. The standard InChI is InChI=1S/C21H25N3O2.HI/c1-25-16-6-4-5-15(13-16)21(10-11-21)14-23-20(22)24-18-9-12-26-19-8-3-2-7-17(18)19;/h2-8,13,18H,9-12,14H2,1H3,(H3,22,23,24);1H. The van der Waals surface area contributed by atoms with Crippen molar-refractivity contribution in [3.8, 4) is 11.5 Å². The van der Waals surface area contributed by atoms with E-state index in [0.29, 0.717) is 19.1 Å². The maximum atomic E-state index is 6.20. The Hall–Kier alpha value is -1.96. The summed E-state index contributed by atoms with van der Waals surface area (Å²) in [5, 5.41) is 3.37. The van der Waals surface area contributed by atoms with E-state index in [9.17, 15) is 0 Å². The van der Waals surface area contributed by atoms with Crippen LogP contribution in [0.25, 0.3) is 0 Å². The maximum Gasteiger partial charge on any atom is 0.189 e. The van der Waals surface area contributed by atoms with Gasteiger partial charge in [0.25, 0.3) is 0 Å². The number of benzene rings is 2. The third-order valence-electron chi connectivity index (χ3n) is 5.37. The Bertz CT molecular complexity index is 821. The lowest BCUT2D eigenvalue weighted by Gasteiger charge is -2.27. The number of ether oxygens (including phenoxy) is 2. The average Bonchev–Trinajstić information content (AvgIpc) is 3.48. The number of nitrogens with zero attached hydrogens (tertiary/aromatic N) is 1. The molecule has 0 radical (unpaired) electrons. The summed E-state index contributed by atoms with van der Waals surface area (Å²) in [5.74, 6) is 2.32. The second kappa shape index (κ2) is 8.37. The Morgan fingerprint density at radius 3 is 2.85 bits per heavy atom. The molecule has 0 aromatic heterocycles. The van der Waals surface area contributed by atoms with Crippen LogP contribution in [0, 0.1) is 0 Å². The smallest absolute Gasteiger partial charge is 0.189 e. The van der Waals surface area contributed by atoms with Crippen molar-refractivity contribution in [3.63, 3.8) is 0 Å². The van der Waals surface area contributed by atoms with Crippen molar-refractivity contribution in [2.45, 2.75) is 30.7 Å². The van der Waals surface area contributed by atoms with E-state index in [1.54, 1.807) is 7.11 Å². The van der Waals surface area contributed by atoms with E-state index < -0.39 is 0 Å². The van der Waals surface area contributed by atoms with Crippen LogP contribution >= 0.6 is 24.0 Å². The van der Waals surface area contributed by atoms with E-state index in [1.165, 1.54) is 5.56 Å². The van der Waals surface area contributed by atoms with E-state index in [2.05, 4.69) is 28.5 Å². The van der Waals surface area contributed by atoms with Gasteiger partial charge in [0.15, 0.2) is 5.96 Å². The molecule has 1 unspecified atom stereocenters. The molecule has 3 N–H and O–H groups in total. The van der Waals surface area contributed by atoms with Gasteiger partial charge in [0.05, 0.1) is 26.3 Å². The molecule has 1 saturated carbocycles. The molecule has 1 aliphatic heterocycles. The molecule has 2 aliphatic rings. The van der Waals surface area contributed by atoms with Gasteiger partial charge in [0.1, 0.15) is 11.5 Å². The van der Waals surface area contributed by atoms with E-state index in [0.717, 1.165) is 36.3 Å². The summed E-state index contributed by atoms with van der Waals surface area (Å²) in [7, 11) is 1.70. The lowest BCUT2D eigenvalue weighted by Crippen LogP contribution is -2.37. The van der Waals surface area contributed by atoms with Crippen LogP contribution in [0.2, 0.25) is 0 Å². The first-order valence-corrected chi connectivity index (χ1v) is 9.13. The predicted molar refractivity (Wildman–Crippen MR) is 118 cm³/mol. The number of para-hydroxylation sites is 1. The highest BCUT2D eigenvalue weighted by Crippen LogP contribution is 2.49. The van der Waals surface area contributed by atoms with Gasteiger partial charge in [0, 0.05) is 17.4 Å². The van der Waals surface area contributed by atoms with Gasteiger partial charge in [0.2, 0.25) is 0 Å². The highest BCUT2D eigenvalue weighted by Gasteiger charge is 2.44. The van der Waals surface area contributed by atoms with Crippen LogP contribution in [0.5, 0.6) is 11.5 Å². The van der Waals surface area contributed by atoms with Gasteiger partial charge in [-0.2, -0.15) is 0 Å². The quantitative estimate of drug-likeness (QED) is 0.389. The summed E-state index contributed by atoms with van der Waals surface area (Å²) >= 11 is 0. The van der Waals surface area contributed by atoms with Crippen molar-refractivity contribution >= 4 is 29.9 Å². The molecule has 27 heavy (non-hydrogen) atoms. The summed E-state index contributed by atoms with van der Waals surface area (Å²) < 4.78 is 11.1. The maximum absolute atomic E-state index is 6.20. The molecular formula is C21H26IN3O2. The second-order valence-corrected chi connectivity index (χ2v) is 7.09. The minimum atomic E-state index is 0. The number of hydrogen-bond donors (Lipinski definition) is 2. The molecule has 144 valence electrons. The molecule has 0 amide bonds. The van der Waals surface area contributed by atoms with E-state index >= 15 is 0 Å². The normalized spacial score (nSPS) is 19.9. The molecule has 0 bridgehead atoms. The zero-order valence-electron chi connectivity index (χ0n) is 15.5. The minimum Gasteiger partial charge on any atom is -0.497 e. The first kappa shape index (κ1) is 19.8. The highest BCUT2D eigenvalue weighted by molar-refractivity contribution is 14.0. The molecule has 1 aliphatic carbocycles. The van der Waals surface area contributed by atoms with Gasteiger partial charge in [-0.3, -0.25) is 4.99 Å². The van der Waals surface area contributed by atoms with Gasteiger partial charge in [-0.15, -0.1) is 24.0 Å². The van der Waals surface area contributed by atoms with Crippen molar-refractivity contribution in [1.82, 2.24) is 5.32 Å². The van der Waals surface area contributed by atoms with Gasteiger partial charge < -0.3 is 20.5 Å². The third-order valence-corrected chi connectivity index (χ3v) is 5.37. The SMILES string of the molecule is COc1cccc(C2(CN=C(N)NC3CCOc4ccccc43)CC2)c1.I. The first-order chi connectivity index (χ1) is 12.7. The molecule has 0 spiro atoms. The lowest BCUT2D eigenvalue weighted by atomic mass is 9.96. The molecular weight excluding hydrogens is 453 g/mol. The van der Waals surface area contributed by atoms with Gasteiger partial charge >= 0.3 is 0 Å². The number of halogens is 1. The molecule has 2 aromatic carbocycles. The van der Waals surface area contributed by atoms with Crippen molar-refractivity contribution in [2.75, 3.05) is 20.3 Å². The Kier molecular flexibility index (Phi) is 6.14. The summed E-state index contributed by atoms with van der Waals surface area (Å²) in [5.41, 5.74) is 8.74. The summed E-state index contributed by atoms with van der Waals surface area (Å²) in [4.78, 5) is 4.66. The Morgan fingerprint density at radius 2 is 2.07 bits per heavy atom. The number of methoxy groups -OCH3 is 1. The monoisotopic (exact) mass is 479 g/mol. The van der Waals surface area contributed by atoms with Crippen LogP contribution in [0.3, 0.4) is 0 Å². The van der Waals surface area contributed by atoms with Crippen LogP contribution in [0.15, 0.2) is 53.5 Å². The van der Waals surface area contributed by atoms with Crippen molar-refractivity contribution in [2.24, 2.45) is 10.7 Å². The first-order valence-electron chi connectivity index (χ1n) is 9.13. The second-order valence-electron chi connectivity index (χ2n) is 7.09. The summed E-state index contributed by atoms with van der Waals surface area (Å²) in [6.45, 7) is 1.39. The van der Waals surface area contributed by atoms with Gasteiger partial charge in [-0.1, -0.05) is 30.3 Å². The number of fused-ring (bicyclic) bond motifs is 1. The van der Waals surface area contributed by atoms with Crippen LogP contribution in [-0.2, 0) is 5.41 Å². The van der Waals surface area contributed by atoms with Crippen molar-refractivity contribution in [3.05, 3.63) is 59.7 Å². The molecule has 1 atom stereocenters. The van der Waals surface area contributed by atoms with E-state index in [4.69, 9.17) is 15.2 Å². The van der Waals surface area contributed by atoms with Crippen LogP contribution in [-0.4, -0.2) is 26.2 Å². The summed E-state index contributed by atoms with van der Waals surface area (Å²) in [6, 6.07) is 16.5. The minimum absolute atomic E-state index is 0. The van der Waals surface area contributed by atoms with Crippen LogP contribution in [0.4, 0.5) is 0 Å². The molecule has 6 heteroatoms. The fourth-order valence-corrected chi connectivity index (χ4v) is 3.59. The van der Waals surface area contributed by atoms with Crippen LogP contribution in [0.1, 0.15) is 36.4 Å². The number of rotatable bonds is 5. The molecule has 4 rings (SSSR count). The molecule has 0 saturated heterocycles. The lowest BCUT2D eigenvalue weighted by molar-refractivity contribution is 0.262. The largest absolute Gasteiger partial charge is 0.497 e. The average molecular weight is 479 g/mol. The molecule has 2 aromatic rings. The Labute approximate surface area is 177 Å². The van der Waals surface area contributed by atoms with Crippen molar-refractivity contribution in [1.29, 1.82) is 0 Å². The fourth-order valence-electron chi connectivity index (χ4n) is 3.59. The highest BCUT2D eigenvalue weighted by atomic mass is 127.